The quantitative estimate of drug-likeness (QED) is 0.353. The van der Waals surface area contributed by atoms with Gasteiger partial charge in [0, 0.05) is 55.3 Å². The van der Waals surface area contributed by atoms with E-state index in [1.807, 2.05) is 12.1 Å². The lowest BCUT2D eigenvalue weighted by Gasteiger charge is -2.32. The summed E-state index contributed by atoms with van der Waals surface area (Å²) < 4.78 is 5.24. The molecule has 0 radical (unpaired) electrons. The molecule has 2 aliphatic carbocycles. The molecule has 0 aromatic carbocycles. The van der Waals surface area contributed by atoms with Gasteiger partial charge in [0.2, 0.25) is 0 Å². The molecule has 0 amide bonds. The number of nitrogens with one attached hydrogen (secondary N) is 3. The second-order valence-electron chi connectivity index (χ2n) is 9.99. The number of ether oxygens (including phenoxy) is 1. The predicted octanol–water partition coefficient (Wildman–Crippen LogP) is 6.01. The number of halogens is 2. The van der Waals surface area contributed by atoms with Gasteiger partial charge in [-0.15, -0.1) is 0 Å². The Balaban J connectivity index is 1.39. The lowest BCUT2D eigenvalue weighted by Crippen LogP contribution is -2.42. The molecule has 2 heterocycles. The summed E-state index contributed by atoms with van der Waals surface area (Å²) in [6.45, 7) is 6.10. The normalized spacial score (nSPS) is 22.6. The molecule has 0 spiro atoms. The van der Waals surface area contributed by atoms with Gasteiger partial charge in [0.15, 0.2) is 5.15 Å². The van der Waals surface area contributed by atoms with E-state index in [0.29, 0.717) is 33.7 Å². The third kappa shape index (κ3) is 6.72. The van der Waals surface area contributed by atoms with Crippen molar-refractivity contribution in [3.8, 4) is 11.1 Å². The Hall–Kier alpha value is -1.60. The van der Waals surface area contributed by atoms with E-state index in [1.165, 1.54) is 12.8 Å². The summed E-state index contributed by atoms with van der Waals surface area (Å²) >= 11 is 12.9. The maximum absolute atomic E-state index is 6.53. The molecule has 0 bridgehead atoms. The smallest absolute Gasteiger partial charge is 0.152 e. The number of hydrogen-bond acceptors (Lipinski definition) is 6. The van der Waals surface area contributed by atoms with Crippen molar-refractivity contribution in [1.82, 2.24) is 15.3 Å². The molecule has 1 atom stereocenters. The van der Waals surface area contributed by atoms with Crippen LogP contribution >= 0.6 is 23.2 Å². The minimum absolute atomic E-state index is 0.376. The Bertz CT molecular complexity index is 944. The van der Waals surface area contributed by atoms with Crippen LogP contribution in [-0.2, 0) is 4.74 Å². The van der Waals surface area contributed by atoms with E-state index in [0.717, 1.165) is 61.5 Å². The lowest BCUT2D eigenvalue weighted by molar-refractivity contribution is 0.161. The zero-order valence-corrected chi connectivity index (χ0v) is 21.3. The maximum atomic E-state index is 6.53. The van der Waals surface area contributed by atoms with Crippen LogP contribution in [0.1, 0.15) is 52.4 Å². The predicted molar refractivity (Wildman–Crippen MR) is 137 cm³/mol. The average Bonchev–Trinajstić information content (AvgIpc) is 3.53. The molecule has 3 N–H and O–H groups in total. The topological polar surface area (TPSA) is 71.1 Å². The largest absolute Gasteiger partial charge is 0.383 e. The first-order valence-electron chi connectivity index (χ1n) is 11.9. The van der Waals surface area contributed by atoms with Gasteiger partial charge in [0.1, 0.15) is 5.82 Å². The van der Waals surface area contributed by atoms with Crippen molar-refractivity contribution in [2.45, 2.75) is 70.5 Å². The summed E-state index contributed by atoms with van der Waals surface area (Å²) in [5, 5.41) is 11.8. The van der Waals surface area contributed by atoms with Crippen molar-refractivity contribution in [2.75, 3.05) is 30.9 Å². The molecule has 33 heavy (non-hydrogen) atoms. The fourth-order valence-electron chi connectivity index (χ4n) is 4.47. The second-order valence-corrected chi connectivity index (χ2v) is 10.8. The second kappa shape index (κ2) is 10.8. The SMILES string of the molecule is COC[C@H](C)N[C@H]1CC[C@H](Nc2cc(-c3cnc(Cl)c(NCC4(C)CC4)c3)c(Cl)cn2)CC1. The van der Waals surface area contributed by atoms with E-state index < -0.39 is 0 Å². The molecule has 2 aromatic rings. The van der Waals surface area contributed by atoms with Gasteiger partial charge in [-0.05, 0) is 63.0 Å². The summed E-state index contributed by atoms with van der Waals surface area (Å²) in [6.07, 6.45) is 10.5. The molecule has 2 saturated carbocycles. The van der Waals surface area contributed by atoms with Crippen LogP contribution in [0.25, 0.3) is 11.1 Å². The van der Waals surface area contributed by atoms with Crippen LogP contribution in [0, 0.1) is 5.41 Å². The molecule has 8 heteroatoms. The molecular formula is C25H35Cl2N5O. The third-order valence-electron chi connectivity index (χ3n) is 6.83. The van der Waals surface area contributed by atoms with Crippen LogP contribution in [0.5, 0.6) is 0 Å². The first kappa shape index (κ1) is 24.5. The summed E-state index contributed by atoms with van der Waals surface area (Å²) in [4.78, 5) is 8.93. The van der Waals surface area contributed by atoms with E-state index in [4.69, 9.17) is 27.9 Å². The van der Waals surface area contributed by atoms with Gasteiger partial charge in [0.05, 0.1) is 17.3 Å². The third-order valence-corrected chi connectivity index (χ3v) is 7.43. The Morgan fingerprint density at radius 1 is 1.09 bits per heavy atom. The summed E-state index contributed by atoms with van der Waals surface area (Å²) in [7, 11) is 1.75. The number of rotatable bonds is 10. The minimum atomic E-state index is 0.376. The van der Waals surface area contributed by atoms with E-state index in [1.54, 1.807) is 19.5 Å². The molecule has 0 aliphatic heterocycles. The van der Waals surface area contributed by atoms with Crippen molar-refractivity contribution >= 4 is 34.7 Å². The van der Waals surface area contributed by atoms with E-state index in [9.17, 15) is 0 Å². The van der Waals surface area contributed by atoms with Crippen LogP contribution in [0.3, 0.4) is 0 Å². The first-order valence-corrected chi connectivity index (χ1v) is 12.7. The van der Waals surface area contributed by atoms with Gasteiger partial charge in [-0.25, -0.2) is 9.97 Å². The van der Waals surface area contributed by atoms with Gasteiger partial charge in [-0.2, -0.15) is 0 Å². The molecule has 4 rings (SSSR count). The zero-order chi connectivity index (χ0) is 23.4. The number of methoxy groups -OCH3 is 1. The summed E-state index contributed by atoms with van der Waals surface area (Å²) in [6, 6.07) is 5.38. The fourth-order valence-corrected chi connectivity index (χ4v) is 4.85. The Labute approximate surface area is 207 Å². The van der Waals surface area contributed by atoms with Gasteiger partial charge in [-0.1, -0.05) is 30.1 Å². The fraction of sp³-hybridized carbons (Fsp3) is 0.600. The van der Waals surface area contributed by atoms with E-state index in [2.05, 4.69) is 39.8 Å². The molecule has 2 aromatic heterocycles. The van der Waals surface area contributed by atoms with Crippen molar-refractivity contribution in [1.29, 1.82) is 0 Å². The lowest BCUT2D eigenvalue weighted by atomic mass is 9.90. The highest BCUT2D eigenvalue weighted by molar-refractivity contribution is 6.33. The number of aromatic nitrogens is 2. The highest BCUT2D eigenvalue weighted by Crippen LogP contribution is 2.45. The molecule has 2 fully saturated rings. The monoisotopic (exact) mass is 491 g/mol. The van der Waals surface area contributed by atoms with Crippen LogP contribution < -0.4 is 16.0 Å². The number of pyridine rings is 2. The van der Waals surface area contributed by atoms with Crippen LogP contribution in [0.2, 0.25) is 10.2 Å². The van der Waals surface area contributed by atoms with Crippen molar-refractivity contribution < 1.29 is 4.74 Å². The van der Waals surface area contributed by atoms with Gasteiger partial charge in [0.25, 0.3) is 0 Å². The molecule has 2 aliphatic rings. The molecule has 6 nitrogen and oxygen atoms in total. The van der Waals surface area contributed by atoms with Gasteiger partial charge < -0.3 is 20.7 Å². The number of nitrogens with zero attached hydrogens (tertiary/aromatic N) is 2. The Morgan fingerprint density at radius 2 is 1.82 bits per heavy atom. The summed E-state index contributed by atoms with van der Waals surface area (Å²) in [5.74, 6) is 0.841. The highest BCUT2D eigenvalue weighted by atomic mass is 35.5. The van der Waals surface area contributed by atoms with Crippen molar-refractivity contribution in [2.24, 2.45) is 5.41 Å². The van der Waals surface area contributed by atoms with Crippen LogP contribution in [0.15, 0.2) is 24.5 Å². The van der Waals surface area contributed by atoms with Crippen molar-refractivity contribution in [3.05, 3.63) is 34.7 Å². The Kier molecular flexibility index (Phi) is 8.00. The Morgan fingerprint density at radius 3 is 2.52 bits per heavy atom. The van der Waals surface area contributed by atoms with Crippen molar-refractivity contribution in [3.63, 3.8) is 0 Å². The van der Waals surface area contributed by atoms with E-state index >= 15 is 0 Å². The van der Waals surface area contributed by atoms with Gasteiger partial charge >= 0.3 is 0 Å². The standard InChI is InChI=1S/C25H35Cl2N5O/c1-16(14-33-3)31-18-4-6-19(7-5-18)32-23-11-20(21(26)13-28-23)17-10-22(24(27)29-12-17)30-15-25(2)8-9-25/h10-13,16,18-19,30-31H,4-9,14-15H2,1-3H3,(H,28,32)/t16-,18-,19-/m0/s1. The summed E-state index contributed by atoms with van der Waals surface area (Å²) in [5.41, 5.74) is 3.06. The highest BCUT2D eigenvalue weighted by Gasteiger charge is 2.36. The minimum Gasteiger partial charge on any atom is -0.383 e. The van der Waals surface area contributed by atoms with Crippen LogP contribution in [0.4, 0.5) is 11.5 Å². The van der Waals surface area contributed by atoms with Crippen LogP contribution in [-0.4, -0.2) is 48.4 Å². The van der Waals surface area contributed by atoms with Gasteiger partial charge in [-0.3, -0.25) is 0 Å². The molecule has 180 valence electrons. The zero-order valence-electron chi connectivity index (χ0n) is 19.8. The molecular weight excluding hydrogens is 457 g/mol. The molecule has 0 unspecified atom stereocenters. The number of hydrogen-bond donors (Lipinski definition) is 3. The number of anilines is 2. The maximum Gasteiger partial charge on any atom is 0.152 e. The molecule has 0 saturated heterocycles. The van der Waals surface area contributed by atoms with E-state index in [-0.39, 0.29) is 0 Å². The first-order chi connectivity index (χ1) is 15.8. The average molecular weight is 492 g/mol.